The Morgan fingerprint density at radius 1 is 1.07 bits per heavy atom. The highest BCUT2D eigenvalue weighted by molar-refractivity contribution is 7.90. The van der Waals surface area contributed by atoms with Gasteiger partial charge in [0.25, 0.3) is 10.0 Å². The van der Waals surface area contributed by atoms with E-state index in [-0.39, 0.29) is 51.4 Å². The van der Waals surface area contributed by atoms with Gasteiger partial charge in [-0.3, -0.25) is 9.36 Å². The van der Waals surface area contributed by atoms with Crippen LogP contribution in [0.4, 0.5) is 14.9 Å². The normalized spacial score (nSPS) is 11.3. The number of aromatic nitrogens is 3. The van der Waals surface area contributed by atoms with Gasteiger partial charge in [0.1, 0.15) is 11.6 Å². The lowest BCUT2D eigenvalue weighted by Gasteiger charge is -2.13. The second-order valence-electron chi connectivity index (χ2n) is 9.42. The summed E-state index contributed by atoms with van der Waals surface area (Å²) in [5, 5.41) is 7.32. The summed E-state index contributed by atoms with van der Waals surface area (Å²) >= 11 is 6.37. The monoisotopic (exact) mass is 629 g/mol. The van der Waals surface area contributed by atoms with Crippen molar-refractivity contribution in [2.45, 2.75) is 45.1 Å². The highest BCUT2D eigenvalue weighted by Crippen LogP contribution is 2.29. The molecule has 11 nitrogen and oxygen atoms in total. The van der Waals surface area contributed by atoms with E-state index in [1.807, 2.05) is 11.6 Å². The number of benzene rings is 3. The zero-order chi connectivity index (χ0) is 31.3. The molecule has 0 saturated heterocycles. The minimum atomic E-state index is -4.32. The summed E-state index contributed by atoms with van der Waals surface area (Å²) < 4.78 is 50.3. The van der Waals surface area contributed by atoms with Gasteiger partial charge in [0.2, 0.25) is 5.91 Å². The van der Waals surface area contributed by atoms with Crippen LogP contribution in [0.3, 0.4) is 0 Å². The standard InChI is InChI=1S/C29H29ClFN5O6S/c1-4-8-27-33-36(25-16-21(32-18(3)37)13-14-23(25)30)29(39)35(27)17-20-12-11-19(15-24(20)31)22-9-6-7-10-26(22)43(40,41)34-28(38)42-5-2/h6-7,9-16H,4-5,8,17H2,1-3H3,(H,32,37)(H,34,38). The van der Waals surface area contributed by atoms with Crippen LogP contribution in [0.15, 0.2) is 70.4 Å². The summed E-state index contributed by atoms with van der Waals surface area (Å²) in [6.07, 6.45) is -0.0532. The molecule has 1 aromatic heterocycles. The summed E-state index contributed by atoms with van der Waals surface area (Å²) in [6.45, 7) is 4.62. The number of carbonyl (C=O) groups is 2. The zero-order valence-electron chi connectivity index (χ0n) is 23.6. The lowest BCUT2D eigenvalue weighted by atomic mass is 10.0. The van der Waals surface area contributed by atoms with Crippen molar-refractivity contribution in [1.82, 2.24) is 19.1 Å². The quantitative estimate of drug-likeness (QED) is 0.254. The molecule has 4 rings (SSSR count). The number of aryl methyl sites for hydroxylation is 1. The Labute approximate surface area is 252 Å². The van der Waals surface area contributed by atoms with Crippen molar-refractivity contribution in [3.63, 3.8) is 0 Å². The predicted octanol–water partition coefficient (Wildman–Crippen LogP) is 4.89. The number of hydrogen-bond donors (Lipinski definition) is 2. The topological polar surface area (TPSA) is 141 Å². The average molecular weight is 630 g/mol. The molecule has 1 heterocycles. The van der Waals surface area contributed by atoms with E-state index in [2.05, 4.69) is 15.2 Å². The zero-order valence-corrected chi connectivity index (χ0v) is 25.1. The van der Waals surface area contributed by atoms with Crippen molar-refractivity contribution in [1.29, 1.82) is 0 Å². The molecule has 0 aliphatic carbocycles. The molecule has 0 atom stereocenters. The number of nitrogens with zero attached hydrogens (tertiary/aromatic N) is 3. The summed E-state index contributed by atoms with van der Waals surface area (Å²) in [7, 11) is -4.32. The Hall–Kier alpha value is -4.49. The first-order chi connectivity index (χ1) is 20.4. The Balaban J connectivity index is 1.71. The first kappa shape index (κ1) is 31.4. The van der Waals surface area contributed by atoms with Gasteiger partial charge >= 0.3 is 11.8 Å². The van der Waals surface area contributed by atoms with Gasteiger partial charge in [0.15, 0.2) is 0 Å². The number of rotatable bonds is 10. The van der Waals surface area contributed by atoms with E-state index in [0.717, 1.165) is 10.7 Å². The second-order valence-corrected chi connectivity index (χ2v) is 11.5. The Kier molecular flexibility index (Phi) is 9.66. The van der Waals surface area contributed by atoms with Gasteiger partial charge in [-0.25, -0.2) is 27.1 Å². The molecule has 226 valence electrons. The maximum atomic E-state index is 15.5. The van der Waals surface area contributed by atoms with Crippen LogP contribution < -0.4 is 15.7 Å². The summed E-state index contributed by atoms with van der Waals surface area (Å²) in [5.41, 5.74) is 0.673. The molecule has 3 aromatic carbocycles. The first-order valence-corrected chi connectivity index (χ1v) is 15.1. The molecule has 4 aromatic rings. The molecule has 0 unspecified atom stereocenters. The lowest BCUT2D eigenvalue weighted by molar-refractivity contribution is -0.114. The first-order valence-electron chi connectivity index (χ1n) is 13.3. The van der Waals surface area contributed by atoms with E-state index < -0.39 is 27.6 Å². The highest BCUT2D eigenvalue weighted by Gasteiger charge is 2.23. The number of amides is 2. The minimum Gasteiger partial charge on any atom is -0.449 e. The van der Waals surface area contributed by atoms with Gasteiger partial charge < -0.3 is 10.1 Å². The average Bonchev–Trinajstić information content (AvgIpc) is 3.25. The van der Waals surface area contributed by atoms with Crippen molar-refractivity contribution in [3.8, 4) is 16.8 Å². The van der Waals surface area contributed by atoms with E-state index in [1.165, 1.54) is 60.9 Å². The second kappa shape index (κ2) is 13.2. The number of halogens is 2. The van der Waals surface area contributed by atoms with Crippen molar-refractivity contribution in [2.24, 2.45) is 0 Å². The Bertz CT molecular complexity index is 1850. The number of hydrogen-bond acceptors (Lipinski definition) is 7. The summed E-state index contributed by atoms with van der Waals surface area (Å²) in [6, 6.07) is 14.6. The van der Waals surface area contributed by atoms with Gasteiger partial charge in [-0.1, -0.05) is 48.9 Å². The Morgan fingerprint density at radius 3 is 2.49 bits per heavy atom. The van der Waals surface area contributed by atoms with E-state index in [0.29, 0.717) is 24.4 Å². The molecule has 0 aliphatic heterocycles. The van der Waals surface area contributed by atoms with Crippen LogP contribution in [0.1, 0.15) is 38.6 Å². The van der Waals surface area contributed by atoms with Crippen LogP contribution in [-0.2, 0) is 32.5 Å². The van der Waals surface area contributed by atoms with E-state index in [4.69, 9.17) is 11.6 Å². The summed E-state index contributed by atoms with van der Waals surface area (Å²) in [4.78, 5) is 36.6. The Morgan fingerprint density at radius 2 is 1.81 bits per heavy atom. The maximum absolute atomic E-state index is 15.5. The molecular formula is C29H29ClFN5O6S. The predicted molar refractivity (Wildman–Crippen MR) is 159 cm³/mol. The fraction of sp³-hybridized carbons (Fsp3) is 0.241. The number of nitrogens with one attached hydrogen (secondary N) is 2. The third-order valence-corrected chi connectivity index (χ3v) is 7.96. The molecule has 0 bridgehead atoms. The van der Waals surface area contributed by atoms with Crippen LogP contribution in [0.5, 0.6) is 0 Å². The van der Waals surface area contributed by atoms with Crippen molar-refractivity contribution in [2.75, 3.05) is 11.9 Å². The van der Waals surface area contributed by atoms with E-state index in [1.54, 1.807) is 12.1 Å². The molecule has 2 amide bonds. The van der Waals surface area contributed by atoms with Gasteiger partial charge in [0, 0.05) is 30.2 Å². The van der Waals surface area contributed by atoms with Crippen LogP contribution in [0.25, 0.3) is 16.8 Å². The van der Waals surface area contributed by atoms with Crippen molar-refractivity contribution >= 4 is 39.3 Å². The van der Waals surface area contributed by atoms with Crippen LogP contribution in [-0.4, -0.2) is 41.4 Å². The van der Waals surface area contributed by atoms with E-state index >= 15 is 4.39 Å². The van der Waals surface area contributed by atoms with Crippen molar-refractivity contribution < 1.29 is 27.1 Å². The number of anilines is 1. The number of sulfonamides is 1. The molecule has 0 aliphatic rings. The lowest BCUT2D eigenvalue weighted by Crippen LogP contribution is -2.31. The highest BCUT2D eigenvalue weighted by atomic mass is 35.5. The third-order valence-electron chi connectivity index (χ3n) is 6.27. The molecule has 0 spiro atoms. The number of carbonyl (C=O) groups excluding carboxylic acids is 2. The fourth-order valence-corrected chi connectivity index (χ4v) is 5.71. The SMILES string of the molecule is CCCc1nn(-c2cc(NC(C)=O)ccc2Cl)c(=O)n1Cc1ccc(-c2ccccc2S(=O)(=O)NC(=O)OCC)cc1F. The molecular weight excluding hydrogens is 601 g/mol. The number of ether oxygens (including phenoxy) is 1. The van der Waals surface area contributed by atoms with Gasteiger partial charge in [-0.05, 0) is 49.2 Å². The third kappa shape index (κ3) is 7.12. The molecule has 0 fully saturated rings. The summed E-state index contributed by atoms with van der Waals surface area (Å²) in [5.74, 6) is -0.582. The van der Waals surface area contributed by atoms with Crippen molar-refractivity contribution in [3.05, 3.63) is 93.4 Å². The van der Waals surface area contributed by atoms with Crippen LogP contribution in [0, 0.1) is 5.82 Å². The molecule has 14 heteroatoms. The molecule has 2 N–H and O–H groups in total. The molecule has 0 saturated carbocycles. The molecule has 0 radical (unpaired) electrons. The smallest absolute Gasteiger partial charge is 0.421 e. The van der Waals surface area contributed by atoms with Gasteiger partial charge in [-0.2, -0.15) is 4.68 Å². The van der Waals surface area contributed by atoms with Crippen LogP contribution in [0.2, 0.25) is 5.02 Å². The van der Waals surface area contributed by atoms with Crippen LogP contribution >= 0.6 is 11.6 Å². The van der Waals surface area contributed by atoms with Gasteiger partial charge in [-0.15, -0.1) is 5.10 Å². The maximum Gasteiger partial charge on any atom is 0.421 e. The largest absolute Gasteiger partial charge is 0.449 e. The van der Waals surface area contributed by atoms with E-state index in [9.17, 15) is 22.8 Å². The fourth-order valence-electron chi connectivity index (χ4n) is 4.40. The minimum absolute atomic E-state index is 0.0197. The molecule has 43 heavy (non-hydrogen) atoms. The van der Waals surface area contributed by atoms with Gasteiger partial charge in [0.05, 0.1) is 28.8 Å².